The van der Waals surface area contributed by atoms with E-state index in [-0.39, 0.29) is 33.5 Å². The minimum Gasteiger partial charge on any atom is -0.452 e. The van der Waals surface area contributed by atoms with Crippen LogP contribution in [0.15, 0.2) is 41.3 Å². The molecule has 3 rings (SSSR count). The Morgan fingerprint density at radius 1 is 1.12 bits per heavy atom. The first-order chi connectivity index (χ1) is 15.5. The van der Waals surface area contributed by atoms with Gasteiger partial charge in [0.05, 0.1) is 27.8 Å². The number of nitrogens with zero attached hydrogens (tertiary/aromatic N) is 1. The number of esters is 1. The molecule has 1 N–H and O–H groups in total. The van der Waals surface area contributed by atoms with Gasteiger partial charge in [0.1, 0.15) is 10.7 Å². The van der Waals surface area contributed by atoms with Crippen molar-refractivity contribution >= 4 is 50.8 Å². The van der Waals surface area contributed by atoms with Gasteiger partial charge in [-0.1, -0.05) is 23.2 Å². The van der Waals surface area contributed by atoms with Crippen molar-refractivity contribution in [1.82, 2.24) is 4.90 Å². The molecule has 0 aliphatic carbocycles. The van der Waals surface area contributed by atoms with Gasteiger partial charge in [0.2, 0.25) is 0 Å². The van der Waals surface area contributed by atoms with Crippen LogP contribution in [0.4, 0.5) is 10.1 Å². The van der Waals surface area contributed by atoms with E-state index in [0.717, 1.165) is 24.3 Å². The third kappa shape index (κ3) is 6.35. The molecule has 2 atom stereocenters. The normalized spacial score (nSPS) is 18.6. The summed E-state index contributed by atoms with van der Waals surface area (Å²) in [6.45, 7) is 3.83. The van der Waals surface area contributed by atoms with Crippen LogP contribution in [0, 0.1) is 5.82 Å². The largest absolute Gasteiger partial charge is 0.452 e. The van der Waals surface area contributed by atoms with Gasteiger partial charge in [-0.25, -0.2) is 17.6 Å². The molecule has 1 aliphatic heterocycles. The van der Waals surface area contributed by atoms with Crippen LogP contribution < -0.4 is 4.72 Å². The Balaban J connectivity index is 1.75. The number of halogens is 3. The molecular formula is C21H21Cl2FN2O6S. The summed E-state index contributed by atoms with van der Waals surface area (Å²) in [7, 11) is -4.25. The van der Waals surface area contributed by atoms with Crippen molar-refractivity contribution in [3.05, 3.63) is 57.8 Å². The van der Waals surface area contributed by atoms with E-state index in [1.807, 2.05) is 13.8 Å². The fraction of sp³-hybridized carbons (Fsp3) is 0.333. The second kappa shape index (κ2) is 10.3. The summed E-state index contributed by atoms with van der Waals surface area (Å²) in [6.07, 6.45) is -0.305. The Morgan fingerprint density at radius 3 is 2.33 bits per heavy atom. The van der Waals surface area contributed by atoms with Crippen LogP contribution in [0.3, 0.4) is 0 Å². The summed E-state index contributed by atoms with van der Waals surface area (Å²) >= 11 is 12.1. The number of hydrogen-bond donors (Lipinski definition) is 1. The Labute approximate surface area is 200 Å². The van der Waals surface area contributed by atoms with Gasteiger partial charge >= 0.3 is 5.97 Å². The first-order valence-corrected chi connectivity index (χ1v) is 12.1. The predicted octanol–water partition coefficient (Wildman–Crippen LogP) is 3.73. The number of rotatable bonds is 6. The highest BCUT2D eigenvalue weighted by molar-refractivity contribution is 7.92. The van der Waals surface area contributed by atoms with Crippen LogP contribution in [0.1, 0.15) is 24.2 Å². The maximum Gasteiger partial charge on any atom is 0.340 e. The lowest BCUT2D eigenvalue weighted by Gasteiger charge is -2.35. The number of morpholine rings is 1. The van der Waals surface area contributed by atoms with E-state index in [4.69, 9.17) is 32.7 Å². The molecule has 1 heterocycles. The molecule has 0 spiro atoms. The first kappa shape index (κ1) is 25.2. The molecule has 33 heavy (non-hydrogen) atoms. The van der Waals surface area contributed by atoms with E-state index in [1.54, 1.807) is 0 Å². The molecule has 1 aliphatic rings. The summed E-state index contributed by atoms with van der Waals surface area (Å²) in [4.78, 5) is 26.1. The summed E-state index contributed by atoms with van der Waals surface area (Å²) < 4.78 is 51.5. The molecule has 1 fully saturated rings. The monoisotopic (exact) mass is 518 g/mol. The van der Waals surface area contributed by atoms with Crippen molar-refractivity contribution in [2.24, 2.45) is 0 Å². The fourth-order valence-corrected chi connectivity index (χ4v) is 5.21. The topological polar surface area (TPSA) is 102 Å². The highest BCUT2D eigenvalue weighted by Gasteiger charge is 2.28. The molecule has 1 amide bonds. The number of nitrogens with one attached hydrogen (secondary N) is 1. The third-order valence-electron chi connectivity index (χ3n) is 4.73. The van der Waals surface area contributed by atoms with E-state index in [9.17, 15) is 22.4 Å². The van der Waals surface area contributed by atoms with Gasteiger partial charge in [0.15, 0.2) is 6.61 Å². The van der Waals surface area contributed by atoms with Crippen LogP contribution in [-0.4, -0.2) is 57.1 Å². The molecule has 0 unspecified atom stereocenters. The standard InChI is InChI=1S/C21H21Cl2FN2O6S/c1-12-9-26(10-13(2)32-12)20(27)11-31-21(28)16-7-19(18(23)8-17(16)22)33(29,30)25-15-5-3-14(24)4-6-15/h3-8,12-13,25H,9-11H2,1-2H3/t12-,13-/m0/s1. The van der Waals surface area contributed by atoms with Crippen LogP contribution >= 0.6 is 23.2 Å². The second-order valence-electron chi connectivity index (χ2n) is 7.51. The van der Waals surface area contributed by atoms with Crippen molar-refractivity contribution in [3.8, 4) is 0 Å². The number of carbonyl (C=O) groups is 2. The van der Waals surface area contributed by atoms with Crippen LogP contribution in [-0.2, 0) is 24.3 Å². The number of sulfonamides is 1. The van der Waals surface area contributed by atoms with Crippen molar-refractivity contribution in [3.63, 3.8) is 0 Å². The second-order valence-corrected chi connectivity index (χ2v) is 9.97. The van der Waals surface area contributed by atoms with E-state index in [0.29, 0.717) is 13.1 Å². The Kier molecular flexibility index (Phi) is 7.84. The zero-order chi connectivity index (χ0) is 24.3. The average molecular weight is 519 g/mol. The van der Waals surface area contributed by atoms with E-state index in [1.165, 1.54) is 17.0 Å². The maximum atomic E-state index is 13.1. The zero-order valence-corrected chi connectivity index (χ0v) is 20.0. The minimum atomic E-state index is -4.25. The molecule has 12 heteroatoms. The molecule has 0 aromatic heterocycles. The number of hydrogen-bond acceptors (Lipinski definition) is 6. The third-order valence-corrected chi connectivity index (χ3v) is 6.89. The predicted molar refractivity (Wildman–Crippen MR) is 121 cm³/mol. The van der Waals surface area contributed by atoms with E-state index < -0.39 is 39.2 Å². The number of amides is 1. The molecule has 0 saturated carbocycles. The lowest BCUT2D eigenvalue weighted by atomic mass is 10.2. The molecule has 8 nitrogen and oxygen atoms in total. The molecule has 1 saturated heterocycles. The molecular weight excluding hydrogens is 498 g/mol. The zero-order valence-electron chi connectivity index (χ0n) is 17.7. The summed E-state index contributed by atoms with van der Waals surface area (Å²) in [5.74, 6) is -1.94. The number of ether oxygens (including phenoxy) is 2. The molecule has 178 valence electrons. The number of anilines is 1. The number of carbonyl (C=O) groups excluding carboxylic acids is 2. The van der Waals surface area contributed by atoms with Crippen LogP contribution in [0.2, 0.25) is 10.0 Å². The van der Waals surface area contributed by atoms with Crippen molar-refractivity contribution < 1.29 is 31.9 Å². The molecule has 0 radical (unpaired) electrons. The van der Waals surface area contributed by atoms with Gasteiger partial charge < -0.3 is 14.4 Å². The maximum absolute atomic E-state index is 13.1. The number of benzene rings is 2. The highest BCUT2D eigenvalue weighted by atomic mass is 35.5. The first-order valence-electron chi connectivity index (χ1n) is 9.84. The molecule has 0 bridgehead atoms. The molecule has 2 aromatic rings. The summed E-state index contributed by atoms with van der Waals surface area (Å²) in [5.41, 5.74) is -0.192. The summed E-state index contributed by atoms with van der Waals surface area (Å²) in [5, 5.41) is -0.384. The average Bonchev–Trinajstić information content (AvgIpc) is 2.72. The lowest BCUT2D eigenvalue weighted by Crippen LogP contribution is -2.49. The Morgan fingerprint density at radius 2 is 1.73 bits per heavy atom. The van der Waals surface area contributed by atoms with Gasteiger partial charge in [0, 0.05) is 18.8 Å². The van der Waals surface area contributed by atoms with Crippen molar-refractivity contribution in [1.29, 1.82) is 0 Å². The van der Waals surface area contributed by atoms with E-state index in [2.05, 4.69) is 4.72 Å². The smallest absolute Gasteiger partial charge is 0.340 e. The lowest BCUT2D eigenvalue weighted by molar-refractivity contribution is -0.146. The summed E-state index contributed by atoms with van der Waals surface area (Å²) in [6, 6.07) is 6.66. The Bertz CT molecular complexity index is 1150. The van der Waals surface area contributed by atoms with Crippen LogP contribution in [0.25, 0.3) is 0 Å². The highest BCUT2D eigenvalue weighted by Crippen LogP contribution is 2.30. The van der Waals surface area contributed by atoms with E-state index >= 15 is 0 Å². The van der Waals surface area contributed by atoms with Gasteiger partial charge in [-0.05, 0) is 50.2 Å². The Hall–Kier alpha value is -2.40. The quantitative estimate of drug-likeness (QED) is 0.584. The van der Waals surface area contributed by atoms with Crippen molar-refractivity contribution in [2.75, 3.05) is 24.4 Å². The van der Waals surface area contributed by atoms with Gasteiger partial charge in [0.25, 0.3) is 15.9 Å². The van der Waals surface area contributed by atoms with Gasteiger partial charge in [-0.3, -0.25) is 9.52 Å². The minimum absolute atomic E-state index is 0.0890. The van der Waals surface area contributed by atoms with Crippen molar-refractivity contribution in [2.45, 2.75) is 31.0 Å². The van der Waals surface area contributed by atoms with Gasteiger partial charge in [-0.15, -0.1) is 0 Å². The SMILES string of the molecule is C[C@H]1CN(C(=O)COC(=O)c2cc(S(=O)(=O)Nc3ccc(F)cc3)c(Cl)cc2Cl)C[C@H](C)O1. The van der Waals surface area contributed by atoms with Crippen LogP contribution in [0.5, 0.6) is 0 Å². The van der Waals surface area contributed by atoms with Gasteiger partial charge in [-0.2, -0.15) is 0 Å². The fourth-order valence-electron chi connectivity index (χ4n) is 3.30. The molecule has 2 aromatic carbocycles.